The summed E-state index contributed by atoms with van der Waals surface area (Å²) >= 11 is 0. The molecule has 2 amide bonds. The van der Waals surface area contributed by atoms with Crippen molar-refractivity contribution in [1.29, 1.82) is 0 Å². The number of alkyl halides is 3. The van der Waals surface area contributed by atoms with E-state index >= 15 is 0 Å². The third-order valence-corrected chi connectivity index (χ3v) is 10.9. The van der Waals surface area contributed by atoms with E-state index in [0.717, 1.165) is 6.42 Å². The third kappa shape index (κ3) is 5.46. The highest BCUT2D eigenvalue weighted by Crippen LogP contribution is 2.60. The zero-order chi connectivity index (χ0) is 31.7. The van der Waals surface area contributed by atoms with E-state index in [1.807, 2.05) is 18.7 Å². The molecule has 3 aliphatic heterocycles. The summed E-state index contributed by atoms with van der Waals surface area (Å²) < 4.78 is 71.6. The third-order valence-electron chi connectivity index (χ3n) is 9.59. The number of aryl methyl sites for hydroxylation is 1. The van der Waals surface area contributed by atoms with Crippen LogP contribution in [0.2, 0.25) is 0 Å². The molecule has 0 aromatic carbocycles. The Morgan fingerprint density at radius 1 is 1.18 bits per heavy atom. The molecule has 1 saturated carbocycles. The predicted octanol–water partition coefficient (Wildman–Crippen LogP) is 2.75. The van der Waals surface area contributed by atoms with Gasteiger partial charge in [-0.1, -0.05) is 6.92 Å². The first kappa shape index (κ1) is 30.8. The van der Waals surface area contributed by atoms with Crippen LogP contribution in [0.1, 0.15) is 69.7 Å². The number of aromatic nitrogens is 3. The number of carbonyl (C=O) groups is 2. The van der Waals surface area contributed by atoms with Crippen LogP contribution in [0.5, 0.6) is 0 Å². The van der Waals surface area contributed by atoms with Crippen LogP contribution in [0.4, 0.5) is 24.8 Å². The van der Waals surface area contributed by atoms with Gasteiger partial charge in [0.2, 0.25) is 10.9 Å². The monoisotopic (exact) mass is 638 g/mol. The Labute approximate surface area is 254 Å². The van der Waals surface area contributed by atoms with Gasteiger partial charge in [-0.05, 0) is 77.0 Å². The molecule has 3 fully saturated rings. The van der Waals surface area contributed by atoms with Crippen LogP contribution in [0.15, 0.2) is 29.4 Å². The van der Waals surface area contributed by atoms with E-state index in [0.29, 0.717) is 63.1 Å². The average molecular weight is 639 g/mol. The van der Waals surface area contributed by atoms with Gasteiger partial charge in [-0.2, -0.15) is 21.6 Å². The van der Waals surface area contributed by atoms with E-state index in [1.54, 1.807) is 15.6 Å². The molecule has 2 aromatic heterocycles. The molecule has 2 unspecified atom stereocenters. The van der Waals surface area contributed by atoms with Gasteiger partial charge in [-0.3, -0.25) is 14.5 Å². The molecule has 5 heterocycles. The molecule has 4 aliphatic rings. The summed E-state index contributed by atoms with van der Waals surface area (Å²) in [6.07, 6.45) is -0.531. The van der Waals surface area contributed by atoms with Gasteiger partial charge < -0.3 is 10.2 Å². The summed E-state index contributed by atoms with van der Waals surface area (Å²) in [6.45, 7) is 8.65. The summed E-state index contributed by atoms with van der Waals surface area (Å²) in [5.41, 5.74) is -1.85. The molecule has 2 atom stereocenters. The molecule has 11 nitrogen and oxygen atoms in total. The first-order chi connectivity index (χ1) is 20.6. The first-order valence-electron chi connectivity index (χ1n) is 15.2. The maximum atomic E-state index is 13.5. The lowest BCUT2D eigenvalue weighted by Crippen LogP contribution is -2.55. The van der Waals surface area contributed by atoms with Crippen molar-refractivity contribution in [2.24, 2.45) is 11.3 Å². The van der Waals surface area contributed by atoms with Crippen LogP contribution in [0, 0.1) is 11.3 Å². The summed E-state index contributed by atoms with van der Waals surface area (Å²) in [4.78, 5) is 35.2. The molecular weight excluding hydrogens is 599 g/mol. The number of halogens is 3. The number of amides is 2. The predicted molar refractivity (Wildman–Crippen MR) is 154 cm³/mol. The number of rotatable bonds is 10. The summed E-state index contributed by atoms with van der Waals surface area (Å²) in [6, 6.07) is 3.96. The number of hydrogen-bond donors (Lipinski definition) is 2. The second kappa shape index (κ2) is 10.7. The number of fused-ring (bicyclic) bond motifs is 1. The molecule has 6 rings (SSSR count). The maximum absolute atomic E-state index is 13.5. The molecule has 240 valence electrons. The number of nitrogens with one attached hydrogen (secondary N) is 2. The van der Waals surface area contributed by atoms with Crippen molar-refractivity contribution in [3.05, 3.63) is 30.0 Å². The highest BCUT2D eigenvalue weighted by Gasteiger charge is 2.62. The van der Waals surface area contributed by atoms with Crippen molar-refractivity contribution < 1.29 is 35.9 Å². The van der Waals surface area contributed by atoms with Crippen molar-refractivity contribution in [2.75, 3.05) is 29.4 Å². The summed E-state index contributed by atoms with van der Waals surface area (Å²) in [5.74, 6) is -0.122. The lowest BCUT2D eigenvalue weighted by Gasteiger charge is -2.34. The van der Waals surface area contributed by atoms with Crippen molar-refractivity contribution >= 4 is 33.5 Å². The Morgan fingerprint density at radius 2 is 1.93 bits per heavy atom. The number of carbonyl (C=O) groups excluding carboxylic acids is 2. The van der Waals surface area contributed by atoms with Crippen LogP contribution in [-0.2, 0) is 27.9 Å². The summed E-state index contributed by atoms with van der Waals surface area (Å²) in [5, 5.41) is 3.13. The molecule has 0 spiro atoms. The zero-order valence-electron chi connectivity index (χ0n) is 25.2. The Kier molecular flexibility index (Phi) is 7.50. The Balaban J connectivity index is 1.19. The number of hydrogen-bond acceptors (Lipinski definition) is 7. The molecule has 15 heteroatoms. The first-order valence-corrected chi connectivity index (χ1v) is 16.7. The lowest BCUT2D eigenvalue weighted by molar-refractivity contribution is -0.828. The molecule has 2 saturated heterocycles. The van der Waals surface area contributed by atoms with Gasteiger partial charge in [0.1, 0.15) is 18.2 Å². The van der Waals surface area contributed by atoms with Crippen LogP contribution >= 0.6 is 0 Å². The molecule has 2 N–H and O–H groups in total. The van der Waals surface area contributed by atoms with E-state index in [9.17, 15) is 31.2 Å². The highest BCUT2D eigenvalue weighted by atomic mass is 32.2. The van der Waals surface area contributed by atoms with Gasteiger partial charge in [0.05, 0.1) is 17.0 Å². The Bertz CT molecular complexity index is 1590. The van der Waals surface area contributed by atoms with E-state index in [4.69, 9.17) is 4.98 Å². The molecule has 44 heavy (non-hydrogen) atoms. The minimum Gasteiger partial charge on any atom is -0.350 e. The zero-order valence-corrected chi connectivity index (χ0v) is 26.0. The van der Waals surface area contributed by atoms with Crippen LogP contribution < -0.4 is 24.5 Å². The van der Waals surface area contributed by atoms with E-state index < -0.39 is 33.6 Å². The lowest BCUT2D eigenvalue weighted by atomic mass is 9.97. The van der Waals surface area contributed by atoms with Gasteiger partial charge in [0, 0.05) is 24.7 Å². The normalized spacial score (nSPS) is 23.9. The fourth-order valence-electron chi connectivity index (χ4n) is 6.96. The molecule has 0 bridgehead atoms. The second-order valence-corrected chi connectivity index (χ2v) is 14.9. The summed E-state index contributed by atoms with van der Waals surface area (Å²) in [7, 11) is -4.15. The topological polar surface area (TPSA) is 121 Å². The SMILES string of the molecule is CC1CN(c2nc(N3CCC(NCCCC4(C(F)(F)F)CC4)C3=O)ccc2C(=O)NS(=O)(=O)c2cc[n+]3n2CC3)C(C)(C)C1. The van der Waals surface area contributed by atoms with E-state index in [1.165, 1.54) is 23.1 Å². The van der Waals surface area contributed by atoms with Crippen LogP contribution in [0.25, 0.3) is 0 Å². The van der Waals surface area contributed by atoms with Crippen LogP contribution in [0.3, 0.4) is 0 Å². The van der Waals surface area contributed by atoms with E-state index in [-0.39, 0.29) is 41.3 Å². The van der Waals surface area contributed by atoms with Crippen LogP contribution in [-0.4, -0.2) is 67.3 Å². The molecule has 1 aliphatic carbocycles. The van der Waals surface area contributed by atoms with Crippen molar-refractivity contribution in [2.45, 2.75) is 95.2 Å². The van der Waals surface area contributed by atoms with Gasteiger partial charge >= 0.3 is 6.18 Å². The smallest absolute Gasteiger partial charge is 0.350 e. The number of anilines is 2. The van der Waals surface area contributed by atoms with Gasteiger partial charge in [0.25, 0.3) is 15.9 Å². The number of pyridine rings is 1. The van der Waals surface area contributed by atoms with Gasteiger partial charge in [-0.15, -0.1) is 9.36 Å². The highest BCUT2D eigenvalue weighted by molar-refractivity contribution is 7.90. The Hall–Kier alpha value is -3.20. The minimum absolute atomic E-state index is 0.00488. The standard InChI is InChI=1S/C29H38F3N7O4S/c1-19-17-27(2,3)38(18-19)24-20(25(40)35-44(42,43)23-8-13-36-15-16-39(23)36)5-6-22(34-24)37-14-7-21(26(37)41)33-12-4-9-28(10-11-28)29(30,31)32/h5-6,8,13,19,21,33H,4,7,9-12,14-18H2,1-3H3/p+1. The minimum atomic E-state index is -4.19. The quantitative estimate of drug-likeness (QED) is 0.304. The molecular formula is C29H39F3N7O4S+. The molecule has 0 radical (unpaired) electrons. The van der Waals surface area contributed by atoms with Crippen molar-refractivity contribution in [3.63, 3.8) is 0 Å². The molecule has 2 aromatic rings. The average Bonchev–Trinajstić information content (AvgIpc) is 3.45. The number of nitrogens with zero attached hydrogens (tertiary/aromatic N) is 5. The fourth-order valence-corrected chi connectivity index (χ4v) is 8.13. The van der Waals surface area contributed by atoms with Crippen molar-refractivity contribution in [3.8, 4) is 0 Å². The van der Waals surface area contributed by atoms with Gasteiger partial charge in [0.15, 0.2) is 12.7 Å². The largest absolute Gasteiger partial charge is 0.394 e. The Morgan fingerprint density at radius 3 is 2.52 bits per heavy atom. The van der Waals surface area contributed by atoms with Gasteiger partial charge in [-0.25, -0.2) is 9.71 Å². The second-order valence-electron chi connectivity index (χ2n) is 13.3. The maximum Gasteiger partial charge on any atom is 0.394 e. The van der Waals surface area contributed by atoms with E-state index in [2.05, 4.69) is 17.0 Å². The fraction of sp³-hybridized carbons (Fsp3) is 0.655. The number of sulfonamides is 1. The van der Waals surface area contributed by atoms with Crippen molar-refractivity contribution in [1.82, 2.24) is 19.7 Å².